The topological polar surface area (TPSA) is 105 Å². The Labute approximate surface area is 163 Å². The van der Waals surface area contributed by atoms with Gasteiger partial charge < -0.3 is 18.9 Å². The minimum atomic E-state index is -1.25. The highest BCUT2D eigenvalue weighted by Gasteiger charge is 2.45. The summed E-state index contributed by atoms with van der Waals surface area (Å²) in [5, 5.41) is 0. The predicted octanol–water partition coefficient (Wildman–Crippen LogP) is 1.89. The second kappa shape index (κ2) is 8.86. The van der Waals surface area contributed by atoms with Crippen LogP contribution in [-0.2, 0) is 43.7 Å². The van der Waals surface area contributed by atoms with Crippen molar-refractivity contribution in [3.8, 4) is 0 Å². The van der Waals surface area contributed by atoms with Crippen LogP contribution in [0.1, 0.15) is 39.2 Å². The van der Waals surface area contributed by atoms with E-state index < -0.39 is 48.1 Å². The quantitative estimate of drug-likeness (QED) is 0.488. The lowest BCUT2D eigenvalue weighted by molar-refractivity contribution is -0.175. The minimum absolute atomic E-state index is 0.112. The summed E-state index contributed by atoms with van der Waals surface area (Å²) in [4.78, 5) is 47.3. The van der Waals surface area contributed by atoms with Crippen molar-refractivity contribution < 1.29 is 38.1 Å². The largest absolute Gasteiger partial charge is 0.461 e. The predicted molar refractivity (Wildman–Crippen MR) is 95.8 cm³/mol. The smallest absolute Gasteiger partial charge is 0.345 e. The van der Waals surface area contributed by atoms with Crippen molar-refractivity contribution in [2.24, 2.45) is 5.41 Å². The molecule has 1 heterocycles. The standard InChI is InChI=1S/C20H24O8/c1-4-19(2,3)18(24)26-11-16(22)25-12-17(23)28-20(10-15(21)27-13-20)14-8-6-5-7-9-14/h5-9H,4,10-13H2,1-3H3. The lowest BCUT2D eigenvalue weighted by atomic mass is 9.91. The third-order valence-electron chi connectivity index (χ3n) is 4.61. The summed E-state index contributed by atoms with van der Waals surface area (Å²) in [6, 6.07) is 8.73. The molecular formula is C20H24O8. The molecule has 0 amide bonds. The van der Waals surface area contributed by atoms with Gasteiger partial charge in [0.1, 0.15) is 6.61 Å². The van der Waals surface area contributed by atoms with E-state index in [2.05, 4.69) is 0 Å². The van der Waals surface area contributed by atoms with E-state index in [1.54, 1.807) is 44.2 Å². The molecule has 1 aliphatic rings. The van der Waals surface area contributed by atoms with Crippen LogP contribution < -0.4 is 0 Å². The molecule has 0 spiro atoms. The van der Waals surface area contributed by atoms with E-state index >= 15 is 0 Å². The molecule has 1 atom stereocenters. The lowest BCUT2D eigenvalue weighted by Gasteiger charge is -2.26. The first-order valence-corrected chi connectivity index (χ1v) is 8.94. The van der Waals surface area contributed by atoms with Gasteiger partial charge in [-0.1, -0.05) is 37.3 Å². The summed E-state index contributed by atoms with van der Waals surface area (Å²) in [6.07, 6.45) is 0.427. The highest BCUT2D eigenvalue weighted by molar-refractivity contribution is 5.81. The van der Waals surface area contributed by atoms with E-state index in [1.807, 2.05) is 6.92 Å². The lowest BCUT2D eigenvalue weighted by Crippen LogP contribution is -2.35. The van der Waals surface area contributed by atoms with Gasteiger partial charge in [-0.3, -0.25) is 9.59 Å². The number of benzene rings is 1. The van der Waals surface area contributed by atoms with E-state index in [1.165, 1.54) is 0 Å². The Hall–Kier alpha value is -2.90. The van der Waals surface area contributed by atoms with Crippen LogP contribution in [0.15, 0.2) is 30.3 Å². The summed E-state index contributed by atoms with van der Waals surface area (Å²) in [6.45, 7) is 3.85. The van der Waals surface area contributed by atoms with Crippen LogP contribution in [0.5, 0.6) is 0 Å². The zero-order valence-electron chi connectivity index (χ0n) is 16.2. The first kappa shape index (κ1) is 21.4. The van der Waals surface area contributed by atoms with E-state index in [9.17, 15) is 19.2 Å². The molecular weight excluding hydrogens is 368 g/mol. The summed E-state index contributed by atoms with van der Waals surface area (Å²) in [5.74, 6) is -2.72. The van der Waals surface area contributed by atoms with E-state index in [0.717, 1.165) is 0 Å². The van der Waals surface area contributed by atoms with Gasteiger partial charge in [0.05, 0.1) is 11.8 Å². The molecule has 1 fully saturated rings. The zero-order valence-corrected chi connectivity index (χ0v) is 16.2. The Morgan fingerprint density at radius 1 is 1.07 bits per heavy atom. The fourth-order valence-electron chi connectivity index (χ4n) is 2.48. The van der Waals surface area contributed by atoms with Gasteiger partial charge in [0.2, 0.25) is 0 Å². The Bertz CT molecular complexity index is 740. The SMILES string of the molecule is CCC(C)(C)C(=O)OCC(=O)OCC(=O)OC1(c2ccccc2)COC(=O)C1. The molecule has 8 heteroatoms. The van der Waals surface area contributed by atoms with Crippen LogP contribution >= 0.6 is 0 Å². The number of cyclic esters (lactones) is 1. The second-order valence-electron chi connectivity index (χ2n) is 7.15. The first-order chi connectivity index (χ1) is 13.2. The monoisotopic (exact) mass is 392 g/mol. The molecule has 1 saturated heterocycles. The Balaban J connectivity index is 1.88. The van der Waals surface area contributed by atoms with Crippen LogP contribution in [-0.4, -0.2) is 43.7 Å². The normalized spacial score (nSPS) is 18.9. The van der Waals surface area contributed by atoms with Gasteiger partial charge in [0.15, 0.2) is 18.8 Å². The van der Waals surface area contributed by atoms with Gasteiger partial charge in [-0.25, -0.2) is 9.59 Å². The number of carbonyl (C=O) groups is 4. The Morgan fingerprint density at radius 3 is 2.29 bits per heavy atom. The van der Waals surface area contributed by atoms with Crippen molar-refractivity contribution in [3.05, 3.63) is 35.9 Å². The van der Waals surface area contributed by atoms with Gasteiger partial charge in [0, 0.05) is 0 Å². The molecule has 1 aliphatic heterocycles. The molecule has 0 bridgehead atoms. The third-order valence-corrected chi connectivity index (χ3v) is 4.61. The Morgan fingerprint density at radius 2 is 1.71 bits per heavy atom. The highest BCUT2D eigenvalue weighted by atomic mass is 16.6. The molecule has 0 aromatic heterocycles. The van der Waals surface area contributed by atoms with Crippen molar-refractivity contribution in [2.75, 3.05) is 19.8 Å². The van der Waals surface area contributed by atoms with Crippen LogP contribution in [0.3, 0.4) is 0 Å². The molecule has 0 radical (unpaired) electrons. The van der Waals surface area contributed by atoms with Crippen LogP contribution in [0.4, 0.5) is 0 Å². The number of esters is 4. The molecule has 28 heavy (non-hydrogen) atoms. The molecule has 1 aromatic rings. The van der Waals surface area contributed by atoms with E-state index in [-0.39, 0.29) is 13.0 Å². The maximum atomic E-state index is 12.2. The summed E-state index contributed by atoms with van der Waals surface area (Å²) in [5.41, 5.74) is -1.35. The first-order valence-electron chi connectivity index (χ1n) is 8.94. The highest BCUT2D eigenvalue weighted by Crippen LogP contribution is 2.35. The molecule has 1 unspecified atom stereocenters. The number of ether oxygens (including phenoxy) is 4. The van der Waals surface area contributed by atoms with Crippen LogP contribution in [0, 0.1) is 5.41 Å². The molecule has 0 N–H and O–H groups in total. The average molecular weight is 392 g/mol. The van der Waals surface area contributed by atoms with E-state index in [0.29, 0.717) is 12.0 Å². The summed E-state index contributed by atoms with van der Waals surface area (Å²) < 4.78 is 20.1. The van der Waals surface area contributed by atoms with Gasteiger partial charge >= 0.3 is 23.9 Å². The molecule has 2 rings (SSSR count). The third kappa shape index (κ3) is 5.31. The fourth-order valence-corrected chi connectivity index (χ4v) is 2.48. The maximum absolute atomic E-state index is 12.2. The average Bonchev–Trinajstić information content (AvgIpc) is 3.06. The number of hydrogen-bond donors (Lipinski definition) is 0. The number of rotatable bonds is 8. The fraction of sp³-hybridized carbons (Fsp3) is 0.500. The van der Waals surface area contributed by atoms with Gasteiger partial charge in [-0.15, -0.1) is 0 Å². The Kier molecular flexibility index (Phi) is 6.77. The second-order valence-corrected chi connectivity index (χ2v) is 7.15. The molecule has 1 aromatic carbocycles. The zero-order chi connectivity index (χ0) is 20.8. The number of hydrogen-bond acceptors (Lipinski definition) is 8. The van der Waals surface area contributed by atoms with E-state index in [4.69, 9.17) is 18.9 Å². The molecule has 152 valence electrons. The van der Waals surface area contributed by atoms with Crippen molar-refractivity contribution in [1.82, 2.24) is 0 Å². The molecule has 0 saturated carbocycles. The summed E-state index contributed by atoms with van der Waals surface area (Å²) in [7, 11) is 0. The van der Waals surface area contributed by atoms with Crippen molar-refractivity contribution in [3.63, 3.8) is 0 Å². The van der Waals surface area contributed by atoms with Gasteiger partial charge in [0.25, 0.3) is 0 Å². The summed E-state index contributed by atoms with van der Waals surface area (Å²) >= 11 is 0. The van der Waals surface area contributed by atoms with Crippen LogP contribution in [0.2, 0.25) is 0 Å². The van der Waals surface area contributed by atoms with Crippen molar-refractivity contribution in [1.29, 1.82) is 0 Å². The molecule has 8 nitrogen and oxygen atoms in total. The van der Waals surface area contributed by atoms with Crippen molar-refractivity contribution >= 4 is 23.9 Å². The minimum Gasteiger partial charge on any atom is -0.461 e. The maximum Gasteiger partial charge on any atom is 0.345 e. The van der Waals surface area contributed by atoms with Crippen molar-refractivity contribution in [2.45, 2.75) is 39.2 Å². The number of carbonyl (C=O) groups excluding carboxylic acids is 4. The van der Waals surface area contributed by atoms with Crippen LogP contribution in [0.25, 0.3) is 0 Å². The van der Waals surface area contributed by atoms with Gasteiger partial charge in [-0.2, -0.15) is 0 Å². The van der Waals surface area contributed by atoms with Gasteiger partial charge in [-0.05, 0) is 25.8 Å². The molecule has 0 aliphatic carbocycles.